The molecule has 0 aliphatic carbocycles. The minimum absolute atomic E-state index is 0.207. The third kappa shape index (κ3) is 3.62. The monoisotopic (exact) mass is 330 g/mol. The van der Waals surface area contributed by atoms with Gasteiger partial charge in [0.2, 0.25) is 0 Å². The number of nitrogens with one attached hydrogen (secondary N) is 2. The highest BCUT2D eigenvalue weighted by atomic mass is 19.2. The van der Waals surface area contributed by atoms with Crippen LogP contribution in [0.2, 0.25) is 0 Å². The van der Waals surface area contributed by atoms with Crippen molar-refractivity contribution in [1.82, 2.24) is 9.97 Å². The second-order valence-electron chi connectivity index (χ2n) is 4.98. The van der Waals surface area contributed by atoms with Crippen molar-refractivity contribution in [2.45, 2.75) is 6.54 Å². The number of nitrogens with zero attached hydrogens (tertiary/aromatic N) is 2. The van der Waals surface area contributed by atoms with Crippen LogP contribution < -0.4 is 10.6 Å². The third-order valence-electron chi connectivity index (χ3n) is 3.28. The Hall–Kier alpha value is -3.09. The predicted molar refractivity (Wildman–Crippen MR) is 85.4 cm³/mol. The first-order chi connectivity index (χ1) is 11.6. The first-order valence-corrected chi connectivity index (χ1v) is 7.14. The van der Waals surface area contributed by atoms with E-state index in [9.17, 15) is 13.2 Å². The van der Waals surface area contributed by atoms with Gasteiger partial charge in [-0.25, -0.2) is 23.1 Å². The lowest BCUT2D eigenvalue weighted by molar-refractivity contribution is 0.449. The molecule has 0 bridgehead atoms. The smallest absolute Gasteiger partial charge is 0.196 e. The van der Waals surface area contributed by atoms with E-state index in [0.717, 1.165) is 17.7 Å². The second kappa shape index (κ2) is 6.99. The summed E-state index contributed by atoms with van der Waals surface area (Å²) in [5, 5.41) is 5.71. The summed E-state index contributed by atoms with van der Waals surface area (Å²) in [5.74, 6) is -3.31. The van der Waals surface area contributed by atoms with E-state index in [4.69, 9.17) is 0 Å². The molecule has 7 heteroatoms. The highest BCUT2D eigenvalue weighted by molar-refractivity contribution is 5.59. The molecule has 0 atom stereocenters. The number of hydrogen-bond acceptors (Lipinski definition) is 4. The van der Waals surface area contributed by atoms with Gasteiger partial charge in [0.1, 0.15) is 18.0 Å². The van der Waals surface area contributed by atoms with Crippen LogP contribution >= 0.6 is 0 Å². The van der Waals surface area contributed by atoms with Crippen molar-refractivity contribution in [1.29, 1.82) is 0 Å². The number of aromatic nitrogens is 2. The van der Waals surface area contributed by atoms with Crippen LogP contribution in [0, 0.1) is 17.5 Å². The molecule has 0 fully saturated rings. The average Bonchev–Trinajstić information content (AvgIpc) is 2.62. The molecular formula is C17H13F3N4. The molecule has 0 aliphatic heterocycles. The highest BCUT2D eigenvalue weighted by Crippen LogP contribution is 2.23. The zero-order valence-electron chi connectivity index (χ0n) is 12.4. The molecule has 24 heavy (non-hydrogen) atoms. The number of benzene rings is 2. The van der Waals surface area contributed by atoms with Crippen molar-refractivity contribution in [3.8, 4) is 0 Å². The van der Waals surface area contributed by atoms with E-state index < -0.39 is 17.5 Å². The van der Waals surface area contributed by atoms with Crippen molar-refractivity contribution in [3.05, 3.63) is 77.9 Å². The van der Waals surface area contributed by atoms with Crippen LogP contribution in [0.1, 0.15) is 5.56 Å². The highest BCUT2D eigenvalue weighted by Gasteiger charge is 2.13. The van der Waals surface area contributed by atoms with Crippen molar-refractivity contribution >= 4 is 17.3 Å². The topological polar surface area (TPSA) is 49.8 Å². The molecule has 0 spiro atoms. The molecule has 0 aliphatic rings. The van der Waals surface area contributed by atoms with E-state index in [-0.39, 0.29) is 11.5 Å². The summed E-state index contributed by atoms with van der Waals surface area (Å²) in [4.78, 5) is 8.00. The minimum Gasteiger partial charge on any atom is -0.366 e. The van der Waals surface area contributed by atoms with Gasteiger partial charge in [-0.2, -0.15) is 0 Å². The molecule has 1 aromatic heterocycles. The Bertz CT molecular complexity index is 840. The van der Waals surface area contributed by atoms with Gasteiger partial charge in [0, 0.05) is 12.6 Å². The molecule has 0 saturated heterocycles. The van der Waals surface area contributed by atoms with Gasteiger partial charge in [0.15, 0.2) is 17.5 Å². The fourth-order valence-electron chi connectivity index (χ4n) is 2.07. The maximum Gasteiger partial charge on any atom is 0.196 e. The van der Waals surface area contributed by atoms with Crippen molar-refractivity contribution in [2.24, 2.45) is 0 Å². The summed E-state index contributed by atoms with van der Waals surface area (Å²) in [5.41, 5.74) is 0.860. The quantitative estimate of drug-likeness (QED) is 0.687. The molecule has 4 nitrogen and oxygen atoms in total. The normalized spacial score (nSPS) is 10.5. The number of anilines is 3. The molecule has 0 unspecified atom stereocenters. The summed E-state index contributed by atoms with van der Waals surface area (Å²) < 4.78 is 39.9. The minimum atomic E-state index is -1.53. The summed E-state index contributed by atoms with van der Waals surface area (Å²) in [6.45, 7) is 0.552. The summed E-state index contributed by atoms with van der Waals surface area (Å²) in [6, 6.07) is 13.2. The van der Waals surface area contributed by atoms with Crippen molar-refractivity contribution in [3.63, 3.8) is 0 Å². The van der Waals surface area contributed by atoms with Crippen LogP contribution in [0.3, 0.4) is 0 Å². The molecule has 3 rings (SSSR count). The Morgan fingerprint density at radius 1 is 0.833 bits per heavy atom. The fraction of sp³-hybridized carbons (Fsp3) is 0.0588. The van der Waals surface area contributed by atoms with E-state index in [1.807, 2.05) is 30.3 Å². The summed E-state index contributed by atoms with van der Waals surface area (Å²) in [6.07, 6.45) is 1.29. The third-order valence-corrected chi connectivity index (χ3v) is 3.28. The van der Waals surface area contributed by atoms with Gasteiger partial charge in [-0.1, -0.05) is 30.3 Å². The van der Waals surface area contributed by atoms with E-state index in [2.05, 4.69) is 20.6 Å². The molecule has 0 saturated carbocycles. The Morgan fingerprint density at radius 3 is 2.38 bits per heavy atom. The lowest BCUT2D eigenvalue weighted by atomic mass is 10.2. The van der Waals surface area contributed by atoms with E-state index in [1.165, 1.54) is 6.33 Å². The van der Waals surface area contributed by atoms with Gasteiger partial charge in [-0.3, -0.25) is 0 Å². The Kier molecular flexibility index (Phi) is 4.60. The fourth-order valence-corrected chi connectivity index (χ4v) is 2.07. The number of halogens is 3. The van der Waals surface area contributed by atoms with Crippen LogP contribution in [-0.4, -0.2) is 9.97 Å². The molecule has 3 aromatic rings. The van der Waals surface area contributed by atoms with Gasteiger partial charge in [0.25, 0.3) is 0 Å². The summed E-state index contributed by atoms with van der Waals surface area (Å²) >= 11 is 0. The number of hydrogen-bond donors (Lipinski definition) is 2. The second-order valence-corrected chi connectivity index (χ2v) is 4.98. The Morgan fingerprint density at radius 2 is 1.58 bits per heavy atom. The van der Waals surface area contributed by atoms with Crippen LogP contribution in [0.5, 0.6) is 0 Å². The Balaban J connectivity index is 1.73. The Labute approximate surface area is 136 Å². The standard InChI is InChI=1S/C17H13F3N4/c18-12-6-7-13(17(20)16(12)19)24-15-8-14(22-10-23-15)21-9-11-4-2-1-3-5-11/h1-8,10H,9H2,(H2,21,22,23,24). The maximum atomic E-state index is 13.7. The largest absolute Gasteiger partial charge is 0.366 e. The van der Waals surface area contributed by atoms with Gasteiger partial charge in [-0.15, -0.1) is 0 Å². The molecule has 2 N–H and O–H groups in total. The summed E-state index contributed by atoms with van der Waals surface area (Å²) in [7, 11) is 0. The molecule has 0 amide bonds. The van der Waals surface area contributed by atoms with Crippen molar-refractivity contribution in [2.75, 3.05) is 10.6 Å². The predicted octanol–water partition coefficient (Wildman–Crippen LogP) is 4.25. The lowest BCUT2D eigenvalue weighted by Gasteiger charge is -2.10. The van der Waals surface area contributed by atoms with Gasteiger partial charge in [-0.05, 0) is 17.7 Å². The SMILES string of the molecule is Fc1ccc(Nc2cc(NCc3ccccc3)ncn2)c(F)c1F. The maximum absolute atomic E-state index is 13.7. The number of rotatable bonds is 5. The van der Waals surface area contributed by atoms with Crippen LogP contribution in [0.25, 0.3) is 0 Å². The first-order valence-electron chi connectivity index (χ1n) is 7.14. The van der Waals surface area contributed by atoms with E-state index >= 15 is 0 Å². The zero-order chi connectivity index (χ0) is 16.9. The van der Waals surface area contributed by atoms with Crippen molar-refractivity contribution < 1.29 is 13.2 Å². The molecule has 2 aromatic carbocycles. The van der Waals surface area contributed by atoms with Gasteiger partial charge in [0.05, 0.1) is 5.69 Å². The van der Waals surface area contributed by atoms with E-state index in [0.29, 0.717) is 12.4 Å². The molecule has 0 radical (unpaired) electrons. The van der Waals surface area contributed by atoms with Gasteiger partial charge < -0.3 is 10.6 Å². The van der Waals surface area contributed by atoms with E-state index in [1.54, 1.807) is 6.07 Å². The lowest BCUT2D eigenvalue weighted by Crippen LogP contribution is -2.04. The van der Waals surface area contributed by atoms with Crippen LogP contribution in [0.4, 0.5) is 30.5 Å². The molecular weight excluding hydrogens is 317 g/mol. The van der Waals surface area contributed by atoms with Crippen LogP contribution in [0.15, 0.2) is 54.9 Å². The molecule has 1 heterocycles. The van der Waals surface area contributed by atoms with Crippen LogP contribution in [-0.2, 0) is 6.54 Å². The first kappa shape index (κ1) is 15.8. The van der Waals surface area contributed by atoms with Gasteiger partial charge >= 0.3 is 0 Å². The average molecular weight is 330 g/mol. The molecule has 122 valence electrons. The zero-order valence-corrected chi connectivity index (χ0v) is 12.4.